The van der Waals surface area contributed by atoms with E-state index in [0.29, 0.717) is 35.5 Å². The Morgan fingerprint density at radius 1 is 1.00 bits per heavy atom. The largest absolute Gasteiger partial charge is 0.396 e. The Bertz CT molecular complexity index is 567. The molecule has 0 aliphatic heterocycles. The fraction of sp³-hybridized carbons (Fsp3) is 1.00. The van der Waals surface area contributed by atoms with E-state index in [0.717, 1.165) is 38.5 Å². The van der Waals surface area contributed by atoms with E-state index in [9.17, 15) is 20.4 Å². The van der Waals surface area contributed by atoms with Gasteiger partial charge < -0.3 is 20.4 Å². The Hall–Kier alpha value is -0.160. The highest BCUT2D eigenvalue weighted by atomic mass is 16.3. The molecule has 4 heteroatoms. The summed E-state index contributed by atoms with van der Waals surface area (Å²) < 4.78 is 0. The van der Waals surface area contributed by atoms with Crippen molar-refractivity contribution < 1.29 is 20.4 Å². The molecule has 0 aromatic carbocycles. The molecule has 0 aromatic rings. The second-order valence-electron chi connectivity index (χ2n) is 11.2. The lowest BCUT2D eigenvalue weighted by molar-refractivity contribution is -0.149. The summed E-state index contributed by atoms with van der Waals surface area (Å²) in [5.74, 6) is 2.24. The molecule has 0 saturated heterocycles. The fourth-order valence-corrected chi connectivity index (χ4v) is 8.88. The van der Waals surface area contributed by atoms with Crippen LogP contribution in [0.5, 0.6) is 0 Å². The first-order valence-corrected chi connectivity index (χ1v) is 11.9. The zero-order chi connectivity index (χ0) is 20.3. The summed E-state index contributed by atoms with van der Waals surface area (Å²) in [4.78, 5) is 0. The molecule has 4 unspecified atom stereocenters. The van der Waals surface area contributed by atoms with E-state index in [1.165, 1.54) is 12.8 Å². The van der Waals surface area contributed by atoms with Gasteiger partial charge in [-0.1, -0.05) is 20.8 Å². The number of aliphatic hydroxyl groups excluding tert-OH is 4. The third kappa shape index (κ3) is 2.92. The molecule has 0 spiro atoms. The van der Waals surface area contributed by atoms with Crippen LogP contribution in [0.2, 0.25) is 0 Å². The molecule has 0 amide bonds. The lowest BCUT2D eigenvalue weighted by Gasteiger charge is -2.61. The third-order valence-corrected chi connectivity index (χ3v) is 10.4. The van der Waals surface area contributed by atoms with Crippen molar-refractivity contribution in [1.82, 2.24) is 0 Å². The molecule has 4 fully saturated rings. The number of hydrogen-bond donors (Lipinski definition) is 4. The van der Waals surface area contributed by atoms with Crippen molar-refractivity contribution >= 4 is 0 Å². The van der Waals surface area contributed by atoms with E-state index in [-0.39, 0.29) is 30.0 Å². The van der Waals surface area contributed by atoms with Crippen molar-refractivity contribution in [2.45, 2.75) is 96.9 Å². The van der Waals surface area contributed by atoms with Gasteiger partial charge in [0.2, 0.25) is 0 Å². The topological polar surface area (TPSA) is 80.9 Å². The van der Waals surface area contributed by atoms with Crippen LogP contribution in [0, 0.1) is 46.3 Å². The van der Waals surface area contributed by atoms with Gasteiger partial charge in [0.25, 0.3) is 0 Å². The predicted molar refractivity (Wildman–Crippen MR) is 109 cm³/mol. The third-order valence-electron chi connectivity index (χ3n) is 10.4. The molecule has 0 aromatic heterocycles. The van der Waals surface area contributed by atoms with Gasteiger partial charge in [-0.25, -0.2) is 0 Å². The highest BCUT2D eigenvalue weighted by Crippen LogP contribution is 2.68. The lowest BCUT2D eigenvalue weighted by Crippen LogP contribution is -2.56. The highest BCUT2D eigenvalue weighted by Gasteiger charge is 2.64. The van der Waals surface area contributed by atoms with Gasteiger partial charge in [-0.2, -0.15) is 0 Å². The maximum Gasteiger partial charge on any atom is 0.0581 e. The average molecular weight is 395 g/mol. The molecule has 4 aliphatic carbocycles. The van der Waals surface area contributed by atoms with Crippen LogP contribution in [-0.4, -0.2) is 45.3 Å². The molecule has 28 heavy (non-hydrogen) atoms. The molecule has 4 N–H and O–H groups in total. The van der Waals surface area contributed by atoms with Crippen molar-refractivity contribution in [3.05, 3.63) is 0 Å². The van der Waals surface area contributed by atoms with E-state index in [2.05, 4.69) is 13.8 Å². The Labute approximate surface area is 170 Å². The van der Waals surface area contributed by atoms with Gasteiger partial charge in [0.05, 0.1) is 18.3 Å². The second kappa shape index (κ2) is 7.51. The Morgan fingerprint density at radius 3 is 2.43 bits per heavy atom. The van der Waals surface area contributed by atoms with Gasteiger partial charge in [-0.05, 0) is 98.7 Å². The normalized spacial score (nSPS) is 53.0. The Balaban J connectivity index is 1.63. The van der Waals surface area contributed by atoms with Crippen LogP contribution in [0.3, 0.4) is 0 Å². The summed E-state index contributed by atoms with van der Waals surface area (Å²) in [7, 11) is 0. The van der Waals surface area contributed by atoms with E-state index in [1.807, 2.05) is 6.92 Å². The smallest absolute Gasteiger partial charge is 0.0581 e. The van der Waals surface area contributed by atoms with Crippen LogP contribution in [0.4, 0.5) is 0 Å². The summed E-state index contributed by atoms with van der Waals surface area (Å²) >= 11 is 0. The molecule has 4 rings (SSSR count). The average Bonchev–Trinajstić information content (AvgIpc) is 2.99. The van der Waals surface area contributed by atoms with E-state index in [1.54, 1.807) is 0 Å². The van der Waals surface area contributed by atoms with Crippen molar-refractivity contribution in [2.24, 2.45) is 46.3 Å². The summed E-state index contributed by atoms with van der Waals surface area (Å²) in [5.41, 5.74) is 0.0783. The maximum atomic E-state index is 11.1. The summed E-state index contributed by atoms with van der Waals surface area (Å²) in [6.45, 7) is 6.69. The molecule has 4 saturated carbocycles. The highest BCUT2D eigenvalue weighted by molar-refractivity contribution is 5.13. The van der Waals surface area contributed by atoms with Crippen LogP contribution < -0.4 is 0 Å². The van der Waals surface area contributed by atoms with Crippen LogP contribution in [0.15, 0.2) is 0 Å². The minimum atomic E-state index is -0.411. The molecule has 0 heterocycles. The molecule has 0 bridgehead atoms. The minimum Gasteiger partial charge on any atom is -0.396 e. The lowest BCUT2D eigenvalue weighted by atomic mass is 9.44. The van der Waals surface area contributed by atoms with E-state index < -0.39 is 12.2 Å². The summed E-state index contributed by atoms with van der Waals surface area (Å²) in [6.07, 6.45) is 8.01. The number of rotatable bonds is 4. The van der Waals surface area contributed by atoms with Crippen LogP contribution in [0.25, 0.3) is 0 Å². The van der Waals surface area contributed by atoms with Crippen LogP contribution in [0.1, 0.15) is 78.6 Å². The van der Waals surface area contributed by atoms with Gasteiger partial charge in [0.15, 0.2) is 0 Å². The zero-order valence-electron chi connectivity index (χ0n) is 18.1. The van der Waals surface area contributed by atoms with Crippen molar-refractivity contribution in [2.75, 3.05) is 6.61 Å². The number of aliphatic hydroxyl groups is 4. The van der Waals surface area contributed by atoms with Gasteiger partial charge in [-0.15, -0.1) is 0 Å². The van der Waals surface area contributed by atoms with E-state index >= 15 is 0 Å². The minimum absolute atomic E-state index is 0.00268. The van der Waals surface area contributed by atoms with Gasteiger partial charge in [0.1, 0.15) is 0 Å². The molecular weight excluding hydrogens is 352 g/mol. The maximum absolute atomic E-state index is 11.1. The molecule has 4 nitrogen and oxygen atoms in total. The standard InChI is InChI=1S/C24H42O4/c1-4-20(27)14(2)22-21(28)12-19-17-6-5-15-11-16(26)7-9-23(15,3)18(17)8-10-24(19,22)13-25/h14-22,25-28H,4-13H2,1-3H3/t14-,15?,16?,17-,18+,19+,20?,21?,22+,23+,24-/m1/s1. The van der Waals surface area contributed by atoms with Crippen molar-refractivity contribution in [1.29, 1.82) is 0 Å². The molecule has 0 radical (unpaired) electrons. The molecule has 162 valence electrons. The van der Waals surface area contributed by atoms with Gasteiger partial charge in [-0.3, -0.25) is 0 Å². The van der Waals surface area contributed by atoms with Crippen molar-refractivity contribution in [3.63, 3.8) is 0 Å². The van der Waals surface area contributed by atoms with Gasteiger partial charge in [0, 0.05) is 12.0 Å². The first kappa shape index (κ1) is 21.1. The Kier molecular flexibility index (Phi) is 5.66. The second-order valence-corrected chi connectivity index (χ2v) is 11.2. The summed E-state index contributed by atoms with van der Waals surface area (Å²) in [6, 6.07) is 0. The van der Waals surface area contributed by atoms with Gasteiger partial charge >= 0.3 is 0 Å². The zero-order valence-corrected chi connectivity index (χ0v) is 18.1. The number of hydrogen-bond acceptors (Lipinski definition) is 4. The molecule has 4 aliphatic rings. The first-order chi connectivity index (χ1) is 13.3. The predicted octanol–water partition coefficient (Wildman–Crippen LogP) is 3.36. The molecular formula is C24H42O4. The monoisotopic (exact) mass is 394 g/mol. The summed E-state index contributed by atoms with van der Waals surface area (Å²) in [5, 5.41) is 42.5. The van der Waals surface area contributed by atoms with E-state index in [4.69, 9.17) is 0 Å². The quantitative estimate of drug-likeness (QED) is 0.589. The number of fused-ring (bicyclic) bond motifs is 5. The SMILES string of the molecule is CCC(O)[C@@H](C)[C@H]1C(O)C[C@H]2[C@@H]3CCC4CC(O)CC[C@]4(C)[C@H]3CC[C@]12CO. The van der Waals surface area contributed by atoms with Crippen LogP contribution in [-0.2, 0) is 0 Å². The fourth-order valence-electron chi connectivity index (χ4n) is 8.88. The molecule has 11 atom stereocenters. The van der Waals surface area contributed by atoms with Crippen LogP contribution >= 0.6 is 0 Å². The Morgan fingerprint density at radius 2 is 1.75 bits per heavy atom. The van der Waals surface area contributed by atoms with Crippen molar-refractivity contribution in [3.8, 4) is 0 Å². The first-order valence-electron chi connectivity index (χ1n) is 11.9.